The number of ether oxygens (including phenoxy) is 1. The van der Waals surface area contributed by atoms with E-state index < -0.39 is 0 Å². The van der Waals surface area contributed by atoms with Crippen LogP contribution in [0.15, 0.2) is 28.8 Å². The van der Waals surface area contributed by atoms with Crippen LogP contribution in [0.1, 0.15) is 25.1 Å². The number of aromatic nitrogens is 2. The standard InChI is InChI=1S/C21H29N5O3/c1-28-18-7-5-17(6-8-18)21-22-19(23-29-21)15-24-11-13-25(14-12-24)16-20(27)26-9-3-2-4-10-26/h5-8H,2-4,9-16H2,1H3. The molecule has 2 aliphatic rings. The van der Waals surface area contributed by atoms with Crippen LogP contribution in [0.5, 0.6) is 5.75 Å². The number of carbonyl (C=O) groups excluding carboxylic acids is 1. The zero-order valence-corrected chi connectivity index (χ0v) is 17.0. The summed E-state index contributed by atoms with van der Waals surface area (Å²) in [6, 6.07) is 7.58. The van der Waals surface area contributed by atoms with Gasteiger partial charge in [-0.1, -0.05) is 5.16 Å². The monoisotopic (exact) mass is 399 g/mol. The fourth-order valence-electron chi connectivity index (χ4n) is 3.91. The molecule has 0 bridgehead atoms. The number of carbonyl (C=O) groups is 1. The largest absolute Gasteiger partial charge is 0.497 e. The van der Waals surface area contributed by atoms with Gasteiger partial charge < -0.3 is 14.2 Å². The van der Waals surface area contributed by atoms with Crippen molar-refractivity contribution >= 4 is 5.91 Å². The molecule has 3 heterocycles. The van der Waals surface area contributed by atoms with Crippen molar-refractivity contribution in [1.82, 2.24) is 24.8 Å². The Morgan fingerprint density at radius 3 is 2.38 bits per heavy atom. The lowest BCUT2D eigenvalue weighted by atomic mass is 10.1. The summed E-state index contributed by atoms with van der Waals surface area (Å²) >= 11 is 0. The second kappa shape index (κ2) is 9.37. The van der Waals surface area contributed by atoms with E-state index in [0.29, 0.717) is 24.8 Å². The molecule has 8 nitrogen and oxygen atoms in total. The molecule has 2 aliphatic heterocycles. The number of likely N-dealkylation sites (tertiary alicyclic amines) is 1. The molecule has 1 amide bonds. The molecular weight excluding hydrogens is 370 g/mol. The molecule has 2 fully saturated rings. The van der Waals surface area contributed by atoms with Crippen molar-refractivity contribution in [2.45, 2.75) is 25.8 Å². The van der Waals surface area contributed by atoms with Gasteiger partial charge in [-0.05, 0) is 43.5 Å². The zero-order chi connectivity index (χ0) is 20.1. The Morgan fingerprint density at radius 2 is 1.69 bits per heavy atom. The average Bonchev–Trinajstić information content (AvgIpc) is 3.24. The van der Waals surface area contributed by atoms with Crippen LogP contribution < -0.4 is 4.74 Å². The predicted molar refractivity (Wildman–Crippen MR) is 108 cm³/mol. The minimum absolute atomic E-state index is 0.278. The van der Waals surface area contributed by atoms with Gasteiger partial charge in [0.25, 0.3) is 5.89 Å². The minimum atomic E-state index is 0.278. The van der Waals surface area contributed by atoms with Crippen LogP contribution in [0, 0.1) is 0 Å². The maximum Gasteiger partial charge on any atom is 0.257 e. The summed E-state index contributed by atoms with van der Waals surface area (Å²) in [7, 11) is 1.64. The first-order valence-electron chi connectivity index (χ1n) is 10.4. The highest BCUT2D eigenvalue weighted by molar-refractivity contribution is 5.78. The van der Waals surface area contributed by atoms with Gasteiger partial charge in [-0.15, -0.1) is 0 Å². The predicted octanol–water partition coefficient (Wildman–Crippen LogP) is 1.88. The summed E-state index contributed by atoms with van der Waals surface area (Å²) in [5, 5.41) is 4.12. The smallest absolute Gasteiger partial charge is 0.257 e. The maximum absolute atomic E-state index is 12.4. The molecule has 4 rings (SSSR count). The minimum Gasteiger partial charge on any atom is -0.497 e. The first-order valence-corrected chi connectivity index (χ1v) is 10.4. The molecular formula is C21H29N5O3. The highest BCUT2D eigenvalue weighted by atomic mass is 16.5. The molecule has 29 heavy (non-hydrogen) atoms. The summed E-state index contributed by atoms with van der Waals surface area (Å²) in [5.74, 6) is 2.28. The van der Waals surface area contributed by atoms with E-state index in [-0.39, 0.29) is 5.91 Å². The number of methoxy groups -OCH3 is 1. The van der Waals surface area contributed by atoms with Gasteiger partial charge >= 0.3 is 0 Å². The first kappa shape index (κ1) is 19.8. The average molecular weight is 399 g/mol. The molecule has 1 aromatic heterocycles. The Bertz CT molecular complexity index is 793. The van der Waals surface area contributed by atoms with Gasteiger partial charge in [0.2, 0.25) is 5.91 Å². The summed E-state index contributed by atoms with van der Waals surface area (Å²) in [5.41, 5.74) is 0.880. The summed E-state index contributed by atoms with van der Waals surface area (Å²) in [4.78, 5) is 23.6. The quantitative estimate of drug-likeness (QED) is 0.734. The fourth-order valence-corrected chi connectivity index (χ4v) is 3.91. The van der Waals surface area contributed by atoms with Crippen LogP contribution in [-0.4, -0.2) is 83.7 Å². The van der Waals surface area contributed by atoms with E-state index in [1.165, 1.54) is 6.42 Å². The SMILES string of the molecule is COc1ccc(-c2nc(CN3CCN(CC(=O)N4CCCCC4)CC3)no2)cc1. The lowest BCUT2D eigenvalue weighted by molar-refractivity contribution is -0.133. The summed E-state index contributed by atoms with van der Waals surface area (Å²) < 4.78 is 10.6. The van der Waals surface area contributed by atoms with Gasteiger partial charge in [0.15, 0.2) is 5.82 Å². The Hall–Kier alpha value is -2.45. The third kappa shape index (κ3) is 5.13. The molecule has 0 aliphatic carbocycles. The van der Waals surface area contributed by atoms with Crippen LogP contribution in [0.4, 0.5) is 0 Å². The fraction of sp³-hybridized carbons (Fsp3) is 0.571. The van der Waals surface area contributed by atoms with Crippen LogP contribution in [0.2, 0.25) is 0 Å². The Morgan fingerprint density at radius 1 is 1.00 bits per heavy atom. The Kier molecular flexibility index (Phi) is 6.41. The van der Waals surface area contributed by atoms with Crippen molar-refractivity contribution in [3.05, 3.63) is 30.1 Å². The van der Waals surface area contributed by atoms with E-state index in [4.69, 9.17) is 9.26 Å². The van der Waals surface area contributed by atoms with Gasteiger partial charge in [-0.2, -0.15) is 4.98 Å². The van der Waals surface area contributed by atoms with Crippen molar-refractivity contribution in [3.63, 3.8) is 0 Å². The lowest BCUT2D eigenvalue weighted by Gasteiger charge is -2.35. The number of benzene rings is 1. The van der Waals surface area contributed by atoms with E-state index in [0.717, 1.165) is 63.4 Å². The molecule has 0 unspecified atom stereocenters. The van der Waals surface area contributed by atoms with E-state index >= 15 is 0 Å². The Labute approximate surface area is 171 Å². The van der Waals surface area contributed by atoms with E-state index in [9.17, 15) is 4.79 Å². The van der Waals surface area contributed by atoms with Crippen molar-refractivity contribution in [2.75, 3.05) is 52.9 Å². The second-order valence-electron chi connectivity index (χ2n) is 7.74. The topological polar surface area (TPSA) is 74.9 Å². The van der Waals surface area contributed by atoms with Gasteiger partial charge in [0, 0.05) is 44.8 Å². The normalized spacial score (nSPS) is 18.7. The molecule has 0 atom stereocenters. The number of hydrogen-bond donors (Lipinski definition) is 0. The molecule has 2 aromatic rings. The number of rotatable bonds is 6. The molecule has 8 heteroatoms. The molecule has 0 radical (unpaired) electrons. The van der Waals surface area contributed by atoms with Gasteiger partial charge in [0.05, 0.1) is 20.2 Å². The van der Waals surface area contributed by atoms with Gasteiger partial charge in [0.1, 0.15) is 5.75 Å². The molecule has 0 spiro atoms. The van der Waals surface area contributed by atoms with Crippen LogP contribution >= 0.6 is 0 Å². The molecule has 1 aromatic carbocycles. The van der Waals surface area contributed by atoms with Crippen LogP contribution in [0.3, 0.4) is 0 Å². The first-order chi connectivity index (χ1) is 14.2. The third-order valence-corrected chi connectivity index (χ3v) is 5.70. The van der Waals surface area contributed by atoms with E-state index in [1.807, 2.05) is 29.2 Å². The maximum atomic E-state index is 12.4. The van der Waals surface area contributed by atoms with Crippen molar-refractivity contribution in [3.8, 4) is 17.2 Å². The highest BCUT2D eigenvalue weighted by Crippen LogP contribution is 2.21. The number of nitrogens with zero attached hydrogens (tertiary/aromatic N) is 5. The third-order valence-electron chi connectivity index (χ3n) is 5.70. The van der Waals surface area contributed by atoms with Gasteiger partial charge in [-0.25, -0.2) is 0 Å². The number of piperidine rings is 1. The van der Waals surface area contributed by atoms with Crippen molar-refractivity contribution in [2.24, 2.45) is 0 Å². The lowest BCUT2D eigenvalue weighted by Crippen LogP contribution is -2.50. The molecule has 2 saturated heterocycles. The molecule has 156 valence electrons. The van der Waals surface area contributed by atoms with Crippen molar-refractivity contribution < 1.29 is 14.1 Å². The van der Waals surface area contributed by atoms with E-state index in [2.05, 4.69) is 19.9 Å². The number of piperazine rings is 1. The molecule has 0 saturated carbocycles. The highest BCUT2D eigenvalue weighted by Gasteiger charge is 2.23. The number of amides is 1. The summed E-state index contributed by atoms with van der Waals surface area (Å²) in [6.07, 6.45) is 3.53. The van der Waals surface area contributed by atoms with E-state index in [1.54, 1.807) is 7.11 Å². The zero-order valence-electron chi connectivity index (χ0n) is 17.0. The second-order valence-corrected chi connectivity index (χ2v) is 7.74. The van der Waals surface area contributed by atoms with Crippen LogP contribution in [-0.2, 0) is 11.3 Å². The van der Waals surface area contributed by atoms with Crippen LogP contribution in [0.25, 0.3) is 11.5 Å². The Balaban J connectivity index is 1.24. The molecule has 0 N–H and O–H groups in total. The van der Waals surface area contributed by atoms with Gasteiger partial charge in [-0.3, -0.25) is 14.6 Å². The summed E-state index contributed by atoms with van der Waals surface area (Å²) in [6.45, 7) is 6.64. The number of hydrogen-bond acceptors (Lipinski definition) is 7. The van der Waals surface area contributed by atoms with Crippen molar-refractivity contribution in [1.29, 1.82) is 0 Å².